The van der Waals surface area contributed by atoms with Gasteiger partial charge in [-0.2, -0.15) is 0 Å². The van der Waals surface area contributed by atoms with Crippen molar-refractivity contribution in [1.82, 2.24) is 16.0 Å². The largest absolute Gasteiger partial charge is 0.357 e. The number of aliphatic imine (C=N–C) groups is 1. The zero-order valence-corrected chi connectivity index (χ0v) is 17.5. The van der Waals surface area contributed by atoms with Gasteiger partial charge in [-0.15, -0.1) is 24.0 Å². The third-order valence-electron chi connectivity index (χ3n) is 3.51. The zero-order valence-electron chi connectivity index (χ0n) is 15.2. The summed E-state index contributed by atoms with van der Waals surface area (Å²) in [6.45, 7) is 10.6. The van der Waals surface area contributed by atoms with Crippen LogP contribution in [0.25, 0.3) is 0 Å². The molecule has 0 spiro atoms. The van der Waals surface area contributed by atoms with Crippen LogP contribution in [0.2, 0.25) is 0 Å². The van der Waals surface area contributed by atoms with Crippen LogP contribution in [0.4, 0.5) is 0 Å². The minimum Gasteiger partial charge on any atom is -0.357 e. The van der Waals surface area contributed by atoms with Crippen molar-refractivity contribution in [2.24, 2.45) is 4.99 Å². The molecule has 3 N–H and O–H groups in total. The molecular formula is C18H31IN4O. The summed E-state index contributed by atoms with van der Waals surface area (Å²) in [5.41, 5.74) is 1.77. The van der Waals surface area contributed by atoms with Crippen molar-refractivity contribution >= 4 is 35.8 Å². The number of benzene rings is 1. The molecule has 24 heavy (non-hydrogen) atoms. The van der Waals surface area contributed by atoms with Crippen LogP contribution in [0.5, 0.6) is 0 Å². The highest BCUT2D eigenvalue weighted by Gasteiger charge is 2.08. The van der Waals surface area contributed by atoms with Gasteiger partial charge in [0.05, 0.1) is 6.54 Å². The fourth-order valence-electron chi connectivity index (χ4n) is 1.93. The number of rotatable bonds is 8. The van der Waals surface area contributed by atoms with Crippen molar-refractivity contribution < 1.29 is 4.79 Å². The van der Waals surface area contributed by atoms with Crippen molar-refractivity contribution in [3.63, 3.8) is 0 Å². The van der Waals surface area contributed by atoms with Crippen molar-refractivity contribution in [3.8, 4) is 0 Å². The fraction of sp³-hybridized carbons (Fsp3) is 0.556. The maximum Gasteiger partial charge on any atom is 0.251 e. The molecule has 0 aliphatic rings. The van der Waals surface area contributed by atoms with Gasteiger partial charge in [0.15, 0.2) is 5.96 Å². The van der Waals surface area contributed by atoms with Gasteiger partial charge in [-0.25, -0.2) is 4.99 Å². The van der Waals surface area contributed by atoms with Crippen LogP contribution >= 0.6 is 24.0 Å². The van der Waals surface area contributed by atoms with E-state index in [1.165, 1.54) is 0 Å². The molecule has 0 saturated heterocycles. The van der Waals surface area contributed by atoms with E-state index in [1.54, 1.807) is 0 Å². The first kappa shape index (κ1) is 22.7. The van der Waals surface area contributed by atoms with Crippen LogP contribution in [0, 0.1) is 0 Å². The molecule has 1 atom stereocenters. The predicted molar refractivity (Wildman–Crippen MR) is 112 cm³/mol. The second-order valence-corrected chi connectivity index (χ2v) is 5.60. The molecule has 1 unspecified atom stereocenters. The number of carbonyl (C=O) groups is 1. The highest BCUT2D eigenvalue weighted by molar-refractivity contribution is 14.0. The minimum atomic E-state index is -0.0210. The molecule has 0 saturated carbocycles. The smallest absolute Gasteiger partial charge is 0.251 e. The van der Waals surface area contributed by atoms with Gasteiger partial charge in [0, 0.05) is 24.7 Å². The van der Waals surface area contributed by atoms with Crippen LogP contribution in [0.15, 0.2) is 29.3 Å². The summed E-state index contributed by atoms with van der Waals surface area (Å²) in [7, 11) is 0. The summed E-state index contributed by atoms with van der Waals surface area (Å²) in [6, 6.07) is 7.82. The molecule has 136 valence electrons. The number of amides is 1. The zero-order chi connectivity index (χ0) is 17.1. The van der Waals surface area contributed by atoms with E-state index in [0.717, 1.165) is 37.5 Å². The van der Waals surface area contributed by atoms with Gasteiger partial charge in [-0.3, -0.25) is 4.79 Å². The summed E-state index contributed by atoms with van der Waals surface area (Å²) in [4.78, 5) is 16.6. The van der Waals surface area contributed by atoms with Gasteiger partial charge < -0.3 is 16.0 Å². The van der Waals surface area contributed by atoms with Gasteiger partial charge in [0.25, 0.3) is 5.91 Å². The third-order valence-corrected chi connectivity index (χ3v) is 3.51. The lowest BCUT2D eigenvalue weighted by Gasteiger charge is -2.12. The highest BCUT2D eigenvalue weighted by atomic mass is 127. The van der Waals surface area contributed by atoms with Crippen molar-refractivity contribution in [2.45, 2.75) is 53.1 Å². The minimum absolute atomic E-state index is 0. The second kappa shape index (κ2) is 13.0. The molecule has 1 amide bonds. The first-order valence-electron chi connectivity index (χ1n) is 8.52. The van der Waals surface area contributed by atoms with E-state index in [4.69, 9.17) is 0 Å². The number of guanidine groups is 1. The molecule has 1 aromatic rings. The van der Waals surface area contributed by atoms with Crippen LogP contribution in [0.3, 0.4) is 0 Å². The molecule has 1 rings (SSSR count). The van der Waals surface area contributed by atoms with Crippen LogP contribution in [0.1, 0.15) is 56.5 Å². The lowest BCUT2D eigenvalue weighted by Crippen LogP contribution is -2.37. The van der Waals surface area contributed by atoms with Crippen molar-refractivity contribution in [2.75, 3.05) is 13.1 Å². The first-order valence-corrected chi connectivity index (χ1v) is 8.52. The van der Waals surface area contributed by atoms with Gasteiger partial charge in [-0.05, 0) is 44.4 Å². The van der Waals surface area contributed by atoms with E-state index in [2.05, 4.69) is 34.8 Å². The summed E-state index contributed by atoms with van der Waals surface area (Å²) in [5, 5.41) is 9.46. The quantitative estimate of drug-likeness (QED) is 0.326. The SMILES string of the molecule is CCCNC(=NCc1ccc(C(=O)NC(C)CC)cc1)NCC.I. The molecule has 5 nitrogen and oxygen atoms in total. The van der Waals surface area contributed by atoms with Crippen molar-refractivity contribution in [3.05, 3.63) is 35.4 Å². The second-order valence-electron chi connectivity index (χ2n) is 5.60. The van der Waals surface area contributed by atoms with Gasteiger partial charge in [0.1, 0.15) is 0 Å². The number of carbonyl (C=O) groups excluding carboxylic acids is 1. The number of hydrogen-bond donors (Lipinski definition) is 3. The number of halogens is 1. The van der Waals surface area contributed by atoms with E-state index in [1.807, 2.05) is 38.1 Å². The number of nitrogens with zero attached hydrogens (tertiary/aromatic N) is 1. The molecule has 0 aliphatic heterocycles. The lowest BCUT2D eigenvalue weighted by atomic mass is 10.1. The Labute approximate surface area is 163 Å². The molecule has 0 bridgehead atoms. The Bertz CT molecular complexity index is 502. The summed E-state index contributed by atoms with van der Waals surface area (Å²) < 4.78 is 0. The molecule has 6 heteroatoms. The highest BCUT2D eigenvalue weighted by Crippen LogP contribution is 2.06. The lowest BCUT2D eigenvalue weighted by molar-refractivity contribution is 0.0939. The Kier molecular flexibility index (Phi) is 12.3. The van der Waals surface area contributed by atoms with E-state index in [9.17, 15) is 4.79 Å². The summed E-state index contributed by atoms with van der Waals surface area (Å²) in [6.07, 6.45) is 1.99. The number of nitrogens with one attached hydrogen (secondary N) is 3. The van der Waals surface area contributed by atoms with Crippen molar-refractivity contribution in [1.29, 1.82) is 0 Å². The predicted octanol–water partition coefficient (Wildman–Crippen LogP) is 3.30. The molecule has 0 heterocycles. The Morgan fingerprint density at radius 3 is 2.33 bits per heavy atom. The van der Waals surface area contributed by atoms with Crippen LogP contribution in [-0.4, -0.2) is 31.0 Å². The summed E-state index contributed by atoms with van der Waals surface area (Å²) in [5.74, 6) is 0.806. The number of hydrogen-bond acceptors (Lipinski definition) is 2. The Morgan fingerprint density at radius 2 is 1.79 bits per heavy atom. The van der Waals surface area contributed by atoms with Gasteiger partial charge in [0.2, 0.25) is 0 Å². The Hall–Kier alpha value is -1.31. The van der Waals surface area contributed by atoms with Crippen LogP contribution < -0.4 is 16.0 Å². The van der Waals surface area contributed by atoms with Gasteiger partial charge >= 0.3 is 0 Å². The van der Waals surface area contributed by atoms with E-state index < -0.39 is 0 Å². The topological polar surface area (TPSA) is 65.5 Å². The third kappa shape index (κ3) is 8.52. The monoisotopic (exact) mass is 446 g/mol. The average Bonchev–Trinajstić information content (AvgIpc) is 2.57. The molecule has 0 aromatic heterocycles. The fourth-order valence-corrected chi connectivity index (χ4v) is 1.93. The normalized spacial score (nSPS) is 12.1. The molecule has 0 radical (unpaired) electrons. The molecule has 0 aliphatic carbocycles. The van der Waals surface area contributed by atoms with E-state index in [-0.39, 0.29) is 35.9 Å². The van der Waals surface area contributed by atoms with Gasteiger partial charge in [-0.1, -0.05) is 26.0 Å². The maximum absolute atomic E-state index is 12.0. The standard InChI is InChI=1S/C18H30N4O.HI/c1-5-12-20-18(19-7-3)21-13-15-8-10-16(11-9-15)17(23)22-14(4)6-2;/h8-11,14H,5-7,12-13H2,1-4H3,(H,22,23)(H2,19,20,21);1H. The molecule has 1 aromatic carbocycles. The summed E-state index contributed by atoms with van der Waals surface area (Å²) >= 11 is 0. The van der Waals surface area contributed by atoms with E-state index in [0.29, 0.717) is 12.1 Å². The molecular weight excluding hydrogens is 415 g/mol. The first-order chi connectivity index (χ1) is 11.1. The molecule has 0 fully saturated rings. The van der Waals surface area contributed by atoms with Crippen LogP contribution in [-0.2, 0) is 6.54 Å². The van der Waals surface area contributed by atoms with E-state index >= 15 is 0 Å². The Balaban J connectivity index is 0.00000529. The Morgan fingerprint density at radius 1 is 1.12 bits per heavy atom. The average molecular weight is 446 g/mol. The maximum atomic E-state index is 12.0.